The fourth-order valence-corrected chi connectivity index (χ4v) is 4.22. The molecule has 0 radical (unpaired) electrons. The summed E-state index contributed by atoms with van der Waals surface area (Å²) in [6.45, 7) is 0.117. The Labute approximate surface area is 204 Å². The molecule has 4 rings (SSSR count). The number of terminal acetylenes is 1. The Morgan fingerprint density at radius 2 is 1.66 bits per heavy atom. The summed E-state index contributed by atoms with van der Waals surface area (Å²) in [6.07, 6.45) is 4.52. The number of amides is 2. The van der Waals surface area contributed by atoms with Crippen molar-refractivity contribution in [1.82, 2.24) is 5.32 Å². The minimum absolute atomic E-state index is 0.0536. The second kappa shape index (κ2) is 11.3. The van der Waals surface area contributed by atoms with E-state index in [4.69, 9.17) is 15.9 Å². The van der Waals surface area contributed by atoms with Crippen molar-refractivity contribution in [2.75, 3.05) is 25.1 Å². The molecule has 0 aliphatic heterocycles. The van der Waals surface area contributed by atoms with E-state index >= 15 is 0 Å². The minimum atomic E-state index is -0.666. The number of alkyl carbamates (subject to hydrolysis) is 1. The van der Waals surface area contributed by atoms with Gasteiger partial charge in [0.1, 0.15) is 19.8 Å². The number of ether oxygens (including phenoxy) is 2. The molecule has 2 amide bonds. The van der Waals surface area contributed by atoms with Crippen LogP contribution in [0.15, 0.2) is 66.7 Å². The second-order valence-corrected chi connectivity index (χ2v) is 8.07. The van der Waals surface area contributed by atoms with Crippen LogP contribution in [0.25, 0.3) is 11.1 Å². The third kappa shape index (κ3) is 5.69. The molecule has 0 unspecified atom stereocenters. The lowest BCUT2D eigenvalue weighted by molar-refractivity contribution is -0.115. The molecule has 0 saturated heterocycles. The molecule has 7 heteroatoms. The SMILES string of the molecule is C#CCOCc1cc(NC(=O)CNC(=O)OCC2c3ccccc3-c3ccccc32)ccc1CO. The Balaban J connectivity index is 1.29. The number of fused-ring (bicyclic) bond motifs is 3. The molecule has 0 aromatic heterocycles. The van der Waals surface area contributed by atoms with Gasteiger partial charge >= 0.3 is 6.09 Å². The van der Waals surface area contributed by atoms with Gasteiger partial charge in [-0.2, -0.15) is 0 Å². The van der Waals surface area contributed by atoms with Gasteiger partial charge in [0.2, 0.25) is 5.91 Å². The number of carbonyl (C=O) groups excluding carboxylic acids is 2. The number of hydrogen-bond donors (Lipinski definition) is 3. The molecule has 0 saturated carbocycles. The van der Waals surface area contributed by atoms with Crippen LogP contribution in [-0.2, 0) is 27.5 Å². The van der Waals surface area contributed by atoms with Crippen LogP contribution in [0.1, 0.15) is 28.2 Å². The molecule has 7 nitrogen and oxygen atoms in total. The lowest BCUT2D eigenvalue weighted by Crippen LogP contribution is -2.34. The first-order valence-electron chi connectivity index (χ1n) is 11.2. The van der Waals surface area contributed by atoms with Crippen LogP contribution in [0.5, 0.6) is 0 Å². The predicted molar refractivity (Wildman–Crippen MR) is 133 cm³/mol. The molecule has 0 heterocycles. The summed E-state index contributed by atoms with van der Waals surface area (Å²) in [5.41, 5.74) is 6.43. The standard InChI is InChI=1S/C28H26N2O5/c1-2-13-34-17-20-14-21(12-11-19(20)16-31)30-27(32)15-29-28(33)35-18-26-24-9-5-3-7-22(24)23-8-4-6-10-25(23)26/h1,3-12,14,26,31H,13,15-18H2,(H,29,33)(H,30,32). The zero-order valence-electron chi connectivity index (χ0n) is 19.1. The summed E-state index contributed by atoms with van der Waals surface area (Å²) in [5.74, 6) is 1.92. The number of aliphatic hydroxyl groups is 1. The van der Waals surface area contributed by atoms with Crippen LogP contribution in [-0.4, -0.2) is 36.9 Å². The van der Waals surface area contributed by atoms with E-state index in [-0.39, 0.29) is 38.9 Å². The van der Waals surface area contributed by atoms with E-state index in [1.165, 1.54) is 0 Å². The highest BCUT2D eigenvalue weighted by atomic mass is 16.5. The van der Waals surface area contributed by atoms with Crippen molar-refractivity contribution in [3.05, 3.63) is 89.0 Å². The van der Waals surface area contributed by atoms with Crippen LogP contribution < -0.4 is 10.6 Å². The topological polar surface area (TPSA) is 96.9 Å². The van der Waals surface area contributed by atoms with E-state index in [1.807, 2.05) is 36.4 Å². The number of carbonyl (C=O) groups is 2. The Hall–Kier alpha value is -4.12. The fraction of sp³-hybridized carbons (Fsp3) is 0.214. The molecule has 3 N–H and O–H groups in total. The number of benzene rings is 3. The van der Waals surface area contributed by atoms with Gasteiger partial charge in [0.15, 0.2) is 0 Å². The lowest BCUT2D eigenvalue weighted by atomic mass is 9.98. The van der Waals surface area contributed by atoms with Crippen molar-refractivity contribution in [2.45, 2.75) is 19.1 Å². The van der Waals surface area contributed by atoms with Crippen molar-refractivity contribution in [3.63, 3.8) is 0 Å². The van der Waals surface area contributed by atoms with Crippen molar-refractivity contribution < 1.29 is 24.2 Å². The third-order valence-corrected chi connectivity index (χ3v) is 5.84. The Kier molecular flexibility index (Phi) is 7.78. The van der Waals surface area contributed by atoms with Gasteiger partial charge in [-0.25, -0.2) is 4.79 Å². The Morgan fingerprint density at radius 3 is 2.31 bits per heavy atom. The van der Waals surface area contributed by atoms with Gasteiger partial charge in [0.25, 0.3) is 0 Å². The molecule has 1 aliphatic rings. The average molecular weight is 471 g/mol. The van der Waals surface area contributed by atoms with Gasteiger partial charge < -0.3 is 25.2 Å². The highest BCUT2D eigenvalue weighted by molar-refractivity contribution is 5.94. The highest BCUT2D eigenvalue weighted by Crippen LogP contribution is 2.44. The van der Waals surface area contributed by atoms with E-state index < -0.39 is 12.0 Å². The first-order valence-corrected chi connectivity index (χ1v) is 11.2. The molecular weight excluding hydrogens is 444 g/mol. The molecule has 35 heavy (non-hydrogen) atoms. The Morgan fingerprint density at radius 1 is 0.971 bits per heavy atom. The number of rotatable bonds is 9. The molecule has 0 bridgehead atoms. The summed E-state index contributed by atoms with van der Waals surface area (Å²) in [6, 6.07) is 21.2. The fourth-order valence-electron chi connectivity index (χ4n) is 4.22. The second-order valence-electron chi connectivity index (χ2n) is 8.07. The highest BCUT2D eigenvalue weighted by Gasteiger charge is 2.29. The number of nitrogens with one attached hydrogen (secondary N) is 2. The van der Waals surface area contributed by atoms with E-state index in [9.17, 15) is 14.7 Å². The molecule has 3 aromatic rings. The summed E-state index contributed by atoms with van der Waals surface area (Å²) in [7, 11) is 0. The Bertz CT molecular complexity index is 1220. The van der Waals surface area contributed by atoms with Crippen LogP contribution in [0.4, 0.5) is 10.5 Å². The van der Waals surface area contributed by atoms with E-state index in [0.717, 1.165) is 22.3 Å². The maximum Gasteiger partial charge on any atom is 0.407 e. The van der Waals surface area contributed by atoms with Crippen LogP contribution in [0.2, 0.25) is 0 Å². The minimum Gasteiger partial charge on any atom is -0.449 e. The third-order valence-electron chi connectivity index (χ3n) is 5.84. The summed E-state index contributed by atoms with van der Waals surface area (Å²) >= 11 is 0. The smallest absolute Gasteiger partial charge is 0.407 e. The van der Waals surface area contributed by atoms with E-state index in [0.29, 0.717) is 16.8 Å². The average Bonchev–Trinajstić information content (AvgIpc) is 3.20. The van der Waals surface area contributed by atoms with Crippen LogP contribution in [0, 0.1) is 12.3 Å². The number of aliphatic hydroxyl groups excluding tert-OH is 1. The van der Waals surface area contributed by atoms with Gasteiger partial charge in [0, 0.05) is 11.6 Å². The molecule has 0 atom stereocenters. The molecule has 0 spiro atoms. The molecule has 0 fully saturated rings. The van der Waals surface area contributed by atoms with Gasteiger partial charge in [-0.15, -0.1) is 6.42 Å². The monoisotopic (exact) mass is 470 g/mol. The molecule has 3 aromatic carbocycles. The maximum absolute atomic E-state index is 12.3. The van der Waals surface area contributed by atoms with Gasteiger partial charge in [0.05, 0.1) is 13.2 Å². The zero-order chi connectivity index (χ0) is 24.6. The van der Waals surface area contributed by atoms with Crippen LogP contribution >= 0.6 is 0 Å². The summed E-state index contributed by atoms with van der Waals surface area (Å²) in [5, 5.41) is 14.7. The number of hydrogen-bond acceptors (Lipinski definition) is 5. The van der Waals surface area contributed by atoms with Crippen molar-refractivity contribution in [2.24, 2.45) is 0 Å². The normalized spacial score (nSPS) is 11.8. The summed E-state index contributed by atoms with van der Waals surface area (Å²) in [4.78, 5) is 24.6. The maximum atomic E-state index is 12.3. The van der Waals surface area contributed by atoms with E-state index in [2.05, 4.69) is 28.7 Å². The largest absolute Gasteiger partial charge is 0.449 e. The summed E-state index contributed by atoms with van der Waals surface area (Å²) < 4.78 is 10.8. The number of anilines is 1. The molecule has 1 aliphatic carbocycles. The van der Waals surface area contributed by atoms with Crippen molar-refractivity contribution in [3.8, 4) is 23.5 Å². The van der Waals surface area contributed by atoms with Gasteiger partial charge in [-0.3, -0.25) is 4.79 Å². The first kappa shape index (κ1) is 24.0. The van der Waals surface area contributed by atoms with Gasteiger partial charge in [-0.1, -0.05) is 60.5 Å². The van der Waals surface area contributed by atoms with Crippen molar-refractivity contribution >= 4 is 17.7 Å². The predicted octanol–water partition coefficient (Wildman–Crippen LogP) is 3.81. The zero-order valence-corrected chi connectivity index (χ0v) is 19.1. The quantitative estimate of drug-likeness (QED) is 0.327. The first-order chi connectivity index (χ1) is 17.1. The van der Waals surface area contributed by atoms with Crippen molar-refractivity contribution in [1.29, 1.82) is 0 Å². The lowest BCUT2D eigenvalue weighted by Gasteiger charge is -2.15. The van der Waals surface area contributed by atoms with E-state index in [1.54, 1.807) is 18.2 Å². The molecular formula is C28H26N2O5. The molecule has 178 valence electrons. The van der Waals surface area contributed by atoms with Gasteiger partial charge in [-0.05, 0) is 45.5 Å². The van der Waals surface area contributed by atoms with Crippen LogP contribution in [0.3, 0.4) is 0 Å².